The summed E-state index contributed by atoms with van der Waals surface area (Å²) in [6.45, 7) is 2.66. The molecule has 4 aromatic heterocycles. The molecule has 16 nitrogen and oxygen atoms in total. The molecule has 65 heavy (non-hydrogen) atoms. The van der Waals surface area contributed by atoms with Crippen molar-refractivity contribution in [3.63, 3.8) is 0 Å². The van der Waals surface area contributed by atoms with Crippen molar-refractivity contribution in [3.05, 3.63) is 101 Å². The molecule has 6 aromatic rings. The number of thiazole rings is 1. The summed E-state index contributed by atoms with van der Waals surface area (Å²) >= 11 is 1.30. The highest BCUT2D eigenvalue weighted by atomic mass is 32.1. The smallest absolute Gasteiger partial charge is 0.257 e. The van der Waals surface area contributed by atoms with Gasteiger partial charge in [-0.3, -0.25) is 34.5 Å². The molecule has 0 spiro atoms. The van der Waals surface area contributed by atoms with E-state index in [0.29, 0.717) is 103 Å². The minimum absolute atomic E-state index is 0.00780. The Morgan fingerprint density at radius 2 is 1.80 bits per heavy atom. The number of benzene rings is 2. The first-order valence-electron chi connectivity index (χ1n) is 22.0. The van der Waals surface area contributed by atoms with Gasteiger partial charge in [-0.2, -0.15) is 5.10 Å². The minimum atomic E-state index is -1.18. The van der Waals surface area contributed by atoms with E-state index in [4.69, 9.17) is 0 Å². The molecule has 0 aliphatic carbocycles. The van der Waals surface area contributed by atoms with E-state index in [2.05, 4.69) is 36.0 Å². The number of aryl methyl sites for hydroxylation is 1. The van der Waals surface area contributed by atoms with Gasteiger partial charge in [-0.05, 0) is 80.7 Å². The molecule has 4 amide bonds. The van der Waals surface area contributed by atoms with Gasteiger partial charge in [-0.25, -0.2) is 23.7 Å². The first kappa shape index (κ1) is 42.4. The number of carbonyl (C=O) groups is 4. The van der Waals surface area contributed by atoms with Crippen LogP contribution in [0, 0.1) is 11.6 Å². The van der Waals surface area contributed by atoms with Gasteiger partial charge in [0.15, 0.2) is 17.0 Å². The number of piperidine rings is 3. The van der Waals surface area contributed by atoms with E-state index in [9.17, 15) is 24.3 Å². The molecular weight excluding hydrogens is 857 g/mol. The van der Waals surface area contributed by atoms with Gasteiger partial charge in [0, 0.05) is 91.0 Å². The Balaban J connectivity index is 0.745. The molecule has 19 heteroatoms. The number of nitrogens with zero attached hydrogens (tertiary/aromatic N) is 8. The number of likely N-dealkylation sites (tertiary alicyclic amines) is 1. The third-order valence-electron chi connectivity index (χ3n) is 13.3. The zero-order chi connectivity index (χ0) is 44.8. The standard InChI is InChI=1S/C46H47F2N11O5S/c47-33-22-30(52-34-8-10-37(60)53-43(34)62)5-7-31(33)27-11-17-57(18-12-27)38(61)23-46(64)13-19-56(20-14-46)36-9-4-28(24-50-36)32-6-3-29-25-59(55-40(29)39(32)48)42(44(63)54-45-49-15-21-65-45)41-35-2-1-16-58(35)26-51-41/h3-7,9,15,21-22,24-27,34,42,52,64H,1-2,8,10-14,16-20,23H2,(H,49,54,63)(H,53,60,62)/t34-,42?/m0/s1. The number of nitrogens with one attached hydrogen (secondary N) is 3. The highest BCUT2D eigenvalue weighted by Gasteiger charge is 2.38. The first-order chi connectivity index (χ1) is 31.5. The summed E-state index contributed by atoms with van der Waals surface area (Å²) in [5.74, 6) is -1.57. The Kier molecular flexibility index (Phi) is 11.3. The SMILES string of the molecule is O=C1CC[C@H](Nc2ccc(C3CCN(C(=O)CC4(O)CCN(c5ccc(-c6ccc7cn(C(C(=O)Nc8nccs8)c8ncn9c8CCC9)nc7c6F)cn5)CC4)CC3)c(F)c2)C(=O)N1. The van der Waals surface area contributed by atoms with E-state index in [-0.39, 0.29) is 47.8 Å². The molecule has 3 fully saturated rings. The van der Waals surface area contributed by atoms with Crippen LogP contribution < -0.4 is 20.9 Å². The van der Waals surface area contributed by atoms with Gasteiger partial charge in [0.2, 0.25) is 17.7 Å². The molecule has 10 rings (SSSR count). The lowest BCUT2D eigenvalue weighted by molar-refractivity contribution is -0.138. The highest BCUT2D eigenvalue weighted by molar-refractivity contribution is 7.13. The number of aliphatic hydroxyl groups is 1. The summed E-state index contributed by atoms with van der Waals surface area (Å²) in [5, 5.41) is 27.1. The molecule has 336 valence electrons. The quantitative estimate of drug-likeness (QED) is 0.119. The van der Waals surface area contributed by atoms with Gasteiger partial charge in [-0.1, -0.05) is 18.2 Å². The fraction of sp³-hybridized carbons (Fsp3) is 0.391. The van der Waals surface area contributed by atoms with Gasteiger partial charge in [0.25, 0.3) is 5.91 Å². The lowest BCUT2D eigenvalue weighted by Gasteiger charge is -2.40. The van der Waals surface area contributed by atoms with Gasteiger partial charge in [0.05, 0.1) is 24.0 Å². The van der Waals surface area contributed by atoms with E-state index in [1.165, 1.54) is 22.1 Å². The Bertz CT molecular complexity index is 2780. The molecule has 4 aliphatic heterocycles. The zero-order valence-electron chi connectivity index (χ0n) is 35.4. The van der Waals surface area contributed by atoms with Crippen molar-refractivity contribution in [1.82, 2.24) is 39.5 Å². The number of aromatic nitrogens is 6. The van der Waals surface area contributed by atoms with Gasteiger partial charge in [-0.15, -0.1) is 11.3 Å². The van der Waals surface area contributed by atoms with Crippen LogP contribution in [0.2, 0.25) is 0 Å². The van der Waals surface area contributed by atoms with E-state index < -0.39 is 29.4 Å². The topological polar surface area (TPSA) is 192 Å². The average Bonchev–Trinajstić information content (AvgIpc) is 4.13. The van der Waals surface area contributed by atoms with E-state index >= 15 is 8.78 Å². The Labute approximate surface area is 376 Å². The maximum Gasteiger partial charge on any atom is 0.257 e. The number of carbonyl (C=O) groups excluding carboxylic acids is 4. The van der Waals surface area contributed by atoms with Crippen molar-refractivity contribution >= 4 is 62.5 Å². The lowest BCUT2D eigenvalue weighted by Crippen LogP contribution is -2.48. The number of hydrogen-bond acceptors (Lipinski definition) is 12. The summed E-state index contributed by atoms with van der Waals surface area (Å²) in [7, 11) is 0. The summed E-state index contributed by atoms with van der Waals surface area (Å²) in [5.41, 5.74) is 2.36. The van der Waals surface area contributed by atoms with Crippen molar-refractivity contribution in [2.75, 3.05) is 41.7 Å². The number of amides is 4. The Morgan fingerprint density at radius 3 is 2.54 bits per heavy atom. The van der Waals surface area contributed by atoms with Crippen LogP contribution >= 0.6 is 11.3 Å². The predicted octanol–water partition coefficient (Wildman–Crippen LogP) is 5.55. The third-order valence-corrected chi connectivity index (χ3v) is 14.0. The molecular formula is C46H47F2N11O5S. The molecule has 0 bridgehead atoms. The lowest BCUT2D eigenvalue weighted by atomic mass is 9.86. The highest BCUT2D eigenvalue weighted by Crippen LogP contribution is 2.36. The maximum absolute atomic E-state index is 16.4. The summed E-state index contributed by atoms with van der Waals surface area (Å²) in [6.07, 6.45) is 10.8. The van der Waals surface area contributed by atoms with Crippen molar-refractivity contribution in [1.29, 1.82) is 0 Å². The number of pyridine rings is 1. The molecule has 0 radical (unpaired) electrons. The average molecular weight is 904 g/mol. The van der Waals surface area contributed by atoms with Crippen LogP contribution in [0.15, 0.2) is 72.8 Å². The van der Waals surface area contributed by atoms with E-state index in [1.807, 2.05) is 15.5 Å². The van der Waals surface area contributed by atoms with Gasteiger partial charge in [0.1, 0.15) is 23.2 Å². The van der Waals surface area contributed by atoms with Crippen LogP contribution in [0.25, 0.3) is 22.0 Å². The molecule has 1 unspecified atom stereocenters. The number of fused-ring (bicyclic) bond motifs is 2. The number of anilines is 3. The summed E-state index contributed by atoms with van der Waals surface area (Å²) in [6, 6.07) is 10.4. The molecule has 4 aliphatic rings. The molecule has 8 heterocycles. The van der Waals surface area contributed by atoms with Crippen molar-refractivity contribution < 1.29 is 33.1 Å². The number of halogens is 2. The maximum atomic E-state index is 16.4. The third kappa shape index (κ3) is 8.57. The molecule has 0 saturated carbocycles. The van der Waals surface area contributed by atoms with E-state index in [1.54, 1.807) is 65.5 Å². The predicted molar refractivity (Wildman–Crippen MR) is 238 cm³/mol. The second-order valence-corrected chi connectivity index (χ2v) is 18.3. The fourth-order valence-corrected chi connectivity index (χ4v) is 10.2. The van der Waals surface area contributed by atoms with Crippen molar-refractivity contribution in [2.45, 2.75) is 87.9 Å². The molecule has 4 N–H and O–H groups in total. The van der Waals surface area contributed by atoms with Gasteiger partial charge >= 0.3 is 0 Å². The number of imidazole rings is 1. The van der Waals surface area contributed by atoms with Gasteiger partial charge < -0.3 is 24.8 Å². The van der Waals surface area contributed by atoms with Crippen LogP contribution in [-0.4, -0.2) is 101 Å². The second kappa shape index (κ2) is 17.4. The monoisotopic (exact) mass is 903 g/mol. The van der Waals surface area contributed by atoms with Crippen LogP contribution in [0.4, 0.5) is 25.4 Å². The molecule has 2 aromatic carbocycles. The van der Waals surface area contributed by atoms with E-state index in [0.717, 1.165) is 25.1 Å². The van der Waals surface area contributed by atoms with Crippen LogP contribution in [-0.2, 0) is 32.1 Å². The Morgan fingerprint density at radius 1 is 0.969 bits per heavy atom. The number of rotatable bonds is 11. The minimum Gasteiger partial charge on any atom is -0.389 e. The Hall–Kier alpha value is -6.60. The number of imide groups is 1. The molecule has 3 saturated heterocycles. The van der Waals surface area contributed by atoms with Crippen LogP contribution in [0.3, 0.4) is 0 Å². The number of hydrogen-bond donors (Lipinski definition) is 4. The van der Waals surface area contributed by atoms with Crippen molar-refractivity contribution in [2.24, 2.45) is 0 Å². The van der Waals surface area contributed by atoms with Crippen LogP contribution in [0.5, 0.6) is 0 Å². The van der Waals surface area contributed by atoms with Crippen molar-refractivity contribution in [3.8, 4) is 11.1 Å². The first-order valence-corrected chi connectivity index (χ1v) is 22.9. The second-order valence-electron chi connectivity index (χ2n) is 17.4. The normalized spacial score (nSPS) is 19.3. The zero-order valence-corrected chi connectivity index (χ0v) is 36.2. The summed E-state index contributed by atoms with van der Waals surface area (Å²) < 4.78 is 35.2. The molecule has 2 atom stereocenters. The largest absolute Gasteiger partial charge is 0.389 e. The summed E-state index contributed by atoms with van der Waals surface area (Å²) in [4.78, 5) is 68.1. The van der Waals surface area contributed by atoms with Crippen LogP contribution in [0.1, 0.15) is 80.3 Å². The fourth-order valence-electron chi connectivity index (χ4n) is 9.66.